The predicted molar refractivity (Wildman–Crippen MR) is 93.8 cm³/mol. The van der Waals surface area contributed by atoms with Gasteiger partial charge in [0.15, 0.2) is 0 Å². The summed E-state index contributed by atoms with van der Waals surface area (Å²) in [5.74, 6) is 0.641. The molecule has 1 aromatic rings. The van der Waals surface area contributed by atoms with Gasteiger partial charge in [-0.2, -0.15) is 0 Å². The van der Waals surface area contributed by atoms with Gasteiger partial charge in [-0.25, -0.2) is 9.97 Å². The number of aromatic nitrogens is 2. The molecule has 8 heteroatoms. The van der Waals surface area contributed by atoms with Crippen molar-refractivity contribution in [2.75, 3.05) is 37.6 Å². The number of anilines is 1. The van der Waals surface area contributed by atoms with Gasteiger partial charge in [0.1, 0.15) is 0 Å². The zero-order valence-corrected chi connectivity index (χ0v) is 14.5. The molecule has 0 radical (unpaired) electrons. The van der Waals surface area contributed by atoms with Crippen LogP contribution in [0.25, 0.3) is 0 Å². The van der Waals surface area contributed by atoms with E-state index in [4.69, 9.17) is 5.73 Å². The fourth-order valence-electron chi connectivity index (χ4n) is 3.46. The highest BCUT2D eigenvalue weighted by molar-refractivity contribution is 5.87. The summed E-state index contributed by atoms with van der Waals surface area (Å²) >= 11 is 0. The summed E-state index contributed by atoms with van der Waals surface area (Å²) < 4.78 is 0. The number of hydrogen-bond acceptors (Lipinski definition) is 6. The molecule has 3 N–H and O–H groups in total. The Labute approximate surface area is 147 Å². The quantitative estimate of drug-likeness (QED) is 0.772. The van der Waals surface area contributed by atoms with Gasteiger partial charge >= 0.3 is 0 Å². The lowest BCUT2D eigenvalue weighted by Crippen LogP contribution is -2.53. The molecule has 1 aliphatic heterocycles. The normalized spacial score (nSPS) is 19.7. The average molecular weight is 346 g/mol. The maximum atomic E-state index is 12.3. The van der Waals surface area contributed by atoms with Crippen LogP contribution < -0.4 is 16.0 Å². The minimum Gasteiger partial charge on any atom is -0.354 e. The molecule has 3 rings (SSSR count). The van der Waals surface area contributed by atoms with Crippen LogP contribution in [0.3, 0.4) is 0 Å². The first-order valence-corrected chi connectivity index (χ1v) is 8.95. The molecule has 8 nitrogen and oxygen atoms in total. The van der Waals surface area contributed by atoms with Crippen molar-refractivity contribution < 1.29 is 9.59 Å². The van der Waals surface area contributed by atoms with Gasteiger partial charge in [0.05, 0.1) is 5.54 Å². The lowest BCUT2D eigenvalue weighted by atomic mass is 9.98. The minimum atomic E-state index is -0.732. The van der Waals surface area contributed by atoms with E-state index in [1.807, 2.05) is 4.90 Å². The Morgan fingerprint density at radius 1 is 1.12 bits per heavy atom. The van der Waals surface area contributed by atoms with E-state index in [1.165, 1.54) is 0 Å². The molecule has 2 heterocycles. The zero-order valence-electron chi connectivity index (χ0n) is 14.5. The molecule has 0 spiro atoms. The summed E-state index contributed by atoms with van der Waals surface area (Å²) in [6, 6.07) is 1.79. The molecule has 0 unspecified atom stereocenters. The minimum absolute atomic E-state index is 0.0615. The van der Waals surface area contributed by atoms with E-state index in [1.54, 1.807) is 18.5 Å². The van der Waals surface area contributed by atoms with Crippen molar-refractivity contribution in [1.29, 1.82) is 0 Å². The highest BCUT2D eigenvalue weighted by Crippen LogP contribution is 2.27. The fourth-order valence-corrected chi connectivity index (χ4v) is 3.46. The maximum Gasteiger partial charge on any atom is 0.240 e. The molecule has 2 fully saturated rings. The van der Waals surface area contributed by atoms with Crippen LogP contribution in [0.4, 0.5) is 5.95 Å². The summed E-state index contributed by atoms with van der Waals surface area (Å²) in [6.45, 7) is 3.07. The lowest BCUT2D eigenvalue weighted by molar-refractivity contribution is -0.131. The lowest BCUT2D eigenvalue weighted by Gasteiger charge is -2.34. The summed E-state index contributed by atoms with van der Waals surface area (Å²) in [5.41, 5.74) is 5.38. The van der Waals surface area contributed by atoms with Crippen molar-refractivity contribution in [2.24, 2.45) is 5.73 Å². The van der Waals surface area contributed by atoms with Crippen LogP contribution in [0.15, 0.2) is 18.5 Å². The molecule has 1 aliphatic carbocycles. The molecular formula is C17H26N6O2. The third kappa shape index (κ3) is 4.25. The first kappa shape index (κ1) is 17.6. The Morgan fingerprint density at radius 3 is 2.40 bits per heavy atom. The Kier molecular flexibility index (Phi) is 5.47. The van der Waals surface area contributed by atoms with Crippen LogP contribution in [0.1, 0.15) is 32.1 Å². The Bertz CT molecular complexity index is 594. The van der Waals surface area contributed by atoms with Crippen molar-refractivity contribution >= 4 is 17.8 Å². The summed E-state index contributed by atoms with van der Waals surface area (Å²) in [5, 5.41) is 2.83. The Balaban J connectivity index is 1.39. The third-order valence-corrected chi connectivity index (χ3v) is 5.04. The SMILES string of the molecule is NC1(C(=O)NCCC(=O)N2CCN(c3ncccn3)CC2)CCCC1. The number of rotatable bonds is 5. The predicted octanol–water partition coefficient (Wildman–Crippen LogP) is -0.0970. The topological polar surface area (TPSA) is 104 Å². The average Bonchev–Trinajstić information content (AvgIpc) is 3.10. The van der Waals surface area contributed by atoms with Crippen LogP contribution >= 0.6 is 0 Å². The van der Waals surface area contributed by atoms with E-state index in [-0.39, 0.29) is 11.8 Å². The molecule has 25 heavy (non-hydrogen) atoms. The van der Waals surface area contributed by atoms with Crippen molar-refractivity contribution in [2.45, 2.75) is 37.6 Å². The molecule has 1 saturated carbocycles. The fraction of sp³-hybridized carbons (Fsp3) is 0.647. The van der Waals surface area contributed by atoms with Crippen LogP contribution in [0, 0.1) is 0 Å². The van der Waals surface area contributed by atoms with E-state index in [0.717, 1.165) is 25.7 Å². The van der Waals surface area contributed by atoms with Gasteiger partial charge in [-0.3, -0.25) is 9.59 Å². The molecule has 1 saturated heterocycles. The summed E-state index contributed by atoms with van der Waals surface area (Å²) in [6.07, 6.45) is 7.21. The molecule has 2 amide bonds. The van der Waals surface area contributed by atoms with Gasteiger partial charge in [-0.15, -0.1) is 0 Å². The van der Waals surface area contributed by atoms with E-state index in [9.17, 15) is 9.59 Å². The van der Waals surface area contributed by atoms with Gasteiger partial charge in [-0.1, -0.05) is 12.8 Å². The molecule has 136 valence electrons. The molecule has 2 aliphatic rings. The maximum absolute atomic E-state index is 12.3. The monoisotopic (exact) mass is 346 g/mol. The molecule has 0 bridgehead atoms. The number of carbonyl (C=O) groups excluding carboxylic acids is 2. The number of carbonyl (C=O) groups is 2. The first-order valence-electron chi connectivity index (χ1n) is 8.95. The number of hydrogen-bond donors (Lipinski definition) is 2. The highest BCUT2D eigenvalue weighted by Gasteiger charge is 2.36. The highest BCUT2D eigenvalue weighted by atomic mass is 16.2. The summed E-state index contributed by atoms with van der Waals surface area (Å²) in [7, 11) is 0. The van der Waals surface area contributed by atoms with Gasteiger partial charge in [0.25, 0.3) is 0 Å². The second-order valence-corrected chi connectivity index (χ2v) is 6.79. The largest absolute Gasteiger partial charge is 0.354 e. The number of nitrogens with zero attached hydrogens (tertiary/aromatic N) is 4. The van der Waals surface area contributed by atoms with Crippen LogP contribution in [-0.4, -0.2) is 64.9 Å². The Morgan fingerprint density at radius 2 is 1.76 bits per heavy atom. The van der Waals surface area contributed by atoms with Crippen LogP contribution in [-0.2, 0) is 9.59 Å². The van der Waals surface area contributed by atoms with Gasteiger partial charge in [-0.05, 0) is 18.9 Å². The van der Waals surface area contributed by atoms with Crippen LogP contribution in [0.5, 0.6) is 0 Å². The number of piperazine rings is 1. The molecule has 0 aromatic carbocycles. The van der Waals surface area contributed by atoms with E-state index < -0.39 is 5.54 Å². The van der Waals surface area contributed by atoms with Crippen molar-refractivity contribution in [3.63, 3.8) is 0 Å². The number of nitrogens with two attached hydrogens (primary N) is 1. The molecule has 0 atom stereocenters. The van der Waals surface area contributed by atoms with E-state index in [2.05, 4.69) is 20.2 Å². The number of nitrogens with one attached hydrogen (secondary N) is 1. The van der Waals surface area contributed by atoms with E-state index >= 15 is 0 Å². The van der Waals surface area contributed by atoms with Crippen molar-refractivity contribution in [3.8, 4) is 0 Å². The van der Waals surface area contributed by atoms with Gasteiger partial charge in [0.2, 0.25) is 17.8 Å². The zero-order chi connectivity index (χ0) is 17.7. The smallest absolute Gasteiger partial charge is 0.240 e. The van der Waals surface area contributed by atoms with Crippen molar-refractivity contribution in [1.82, 2.24) is 20.2 Å². The van der Waals surface area contributed by atoms with Gasteiger partial charge < -0.3 is 20.9 Å². The van der Waals surface area contributed by atoms with Crippen molar-refractivity contribution in [3.05, 3.63) is 18.5 Å². The van der Waals surface area contributed by atoms with Crippen LogP contribution in [0.2, 0.25) is 0 Å². The van der Waals surface area contributed by atoms with Gasteiger partial charge in [0, 0.05) is 51.5 Å². The second kappa shape index (κ2) is 7.77. The van der Waals surface area contributed by atoms with E-state index in [0.29, 0.717) is 45.1 Å². The number of amides is 2. The molecule has 1 aromatic heterocycles. The third-order valence-electron chi connectivity index (χ3n) is 5.04. The Hall–Kier alpha value is -2.22. The summed E-state index contributed by atoms with van der Waals surface area (Å²) in [4.78, 5) is 36.8. The standard InChI is InChI=1S/C17H26N6O2/c18-17(5-1-2-6-17)15(25)19-9-4-14(24)22-10-12-23(13-11-22)16-20-7-3-8-21-16/h3,7-8H,1-2,4-6,9-13,18H2,(H,19,25). The molecular weight excluding hydrogens is 320 g/mol. The first-order chi connectivity index (χ1) is 12.1. The second-order valence-electron chi connectivity index (χ2n) is 6.79.